The average Bonchev–Trinajstić information content (AvgIpc) is 2.82. The molecule has 0 radical (unpaired) electrons. The fourth-order valence-corrected chi connectivity index (χ4v) is 3.21. The Labute approximate surface area is 111 Å². The molecular formula is C14H16N2OS. The van der Waals surface area contributed by atoms with E-state index in [1.54, 1.807) is 11.3 Å². The molecule has 3 nitrogen and oxygen atoms in total. The molecule has 1 aliphatic rings. The molecule has 0 bridgehead atoms. The molecule has 0 atom stereocenters. The third-order valence-electron chi connectivity index (χ3n) is 3.09. The van der Waals surface area contributed by atoms with Gasteiger partial charge in [0.1, 0.15) is 12.4 Å². The zero-order chi connectivity index (χ0) is 12.4. The molecule has 1 aliphatic heterocycles. The average molecular weight is 260 g/mol. The molecule has 4 heteroatoms. The van der Waals surface area contributed by atoms with Crippen molar-refractivity contribution in [2.75, 3.05) is 6.54 Å². The molecule has 1 aromatic heterocycles. The summed E-state index contributed by atoms with van der Waals surface area (Å²) in [5.41, 5.74) is 7.76. The lowest BCUT2D eigenvalue weighted by Crippen LogP contribution is -2.02. The summed E-state index contributed by atoms with van der Waals surface area (Å²) in [5.74, 6) is 0.948. The number of hydrogen-bond donors (Lipinski definition) is 1. The Morgan fingerprint density at radius 3 is 3.06 bits per heavy atom. The molecule has 0 fully saturated rings. The van der Waals surface area contributed by atoms with E-state index in [2.05, 4.69) is 6.07 Å². The van der Waals surface area contributed by atoms with Crippen molar-refractivity contribution in [2.45, 2.75) is 25.9 Å². The molecule has 3 rings (SSSR count). The SMILES string of the molecule is NCCCCc1nc2c(s1)COc1ccccc1-2. The van der Waals surface area contributed by atoms with Crippen LogP contribution in [0.25, 0.3) is 11.3 Å². The number of hydrogen-bond acceptors (Lipinski definition) is 4. The fraction of sp³-hybridized carbons (Fsp3) is 0.357. The van der Waals surface area contributed by atoms with E-state index in [1.165, 1.54) is 9.88 Å². The molecular weight excluding hydrogens is 244 g/mol. The van der Waals surface area contributed by atoms with E-state index < -0.39 is 0 Å². The van der Waals surface area contributed by atoms with Crippen LogP contribution in [0.2, 0.25) is 0 Å². The van der Waals surface area contributed by atoms with Crippen molar-refractivity contribution in [2.24, 2.45) is 5.73 Å². The van der Waals surface area contributed by atoms with E-state index in [0.717, 1.165) is 42.8 Å². The summed E-state index contributed by atoms with van der Waals surface area (Å²) >= 11 is 1.77. The van der Waals surface area contributed by atoms with Crippen LogP contribution >= 0.6 is 11.3 Å². The molecule has 0 spiro atoms. The number of para-hydroxylation sites is 1. The largest absolute Gasteiger partial charge is 0.487 e. The number of nitrogens with two attached hydrogens (primary N) is 1. The summed E-state index contributed by atoms with van der Waals surface area (Å²) in [7, 11) is 0. The molecule has 0 saturated heterocycles. The predicted molar refractivity (Wildman–Crippen MR) is 73.9 cm³/mol. The normalized spacial score (nSPS) is 12.7. The number of thiazole rings is 1. The molecule has 1 aromatic carbocycles. The van der Waals surface area contributed by atoms with E-state index >= 15 is 0 Å². The maximum atomic E-state index is 5.74. The lowest BCUT2D eigenvalue weighted by atomic mass is 10.1. The van der Waals surface area contributed by atoms with Crippen LogP contribution < -0.4 is 10.5 Å². The topological polar surface area (TPSA) is 48.1 Å². The lowest BCUT2D eigenvalue weighted by Gasteiger charge is -2.15. The smallest absolute Gasteiger partial charge is 0.129 e. The highest BCUT2D eigenvalue weighted by atomic mass is 32.1. The van der Waals surface area contributed by atoms with Gasteiger partial charge in [0.15, 0.2) is 0 Å². The molecule has 2 N–H and O–H groups in total. The van der Waals surface area contributed by atoms with Crippen LogP contribution in [0.15, 0.2) is 24.3 Å². The summed E-state index contributed by atoms with van der Waals surface area (Å²) in [6.45, 7) is 1.41. The van der Waals surface area contributed by atoms with Gasteiger partial charge in [-0.25, -0.2) is 4.98 Å². The van der Waals surface area contributed by atoms with Crippen LogP contribution in [0.3, 0.4) is 0 Å². The van der Waals surface area contributed by atoms with Crippen LogP contribution in [0, 0.1) is 0 Å². The Balaban J connectivity index is 1.87. The number of nitrogens with zero attached hydrogens (tertiary/aromatic N) is 1. The van der Waals surface area contributed by atoms with Gasteiger partial charge in [0.2, 0.25) is 0 Å². The summed E-state index contributed by atoms with van der Waals surface area (Å²) in [5, 5.41) is 1.20. The zero-order valence-corrected chi connectivity index (χ0v) is 11.0. The first kappa shape index (κ1) is 11.7. The maximum absolute atomic E-state index is 5.74. The van der Waals surface area contributed by atoms with E-state index in [9.17, 15) is 0 Å². The standard InChI is InChI=1S/C14H16N2OS/c15-8-4-3-7-13-16-14-10-5-1-2-6-11(10)17-9-12(14)18-13/h1-2,5-6H,3-4,7-9,15H2. The molecule has 0 amide bonds. The summed E-state index contributed by atoms with van der Waals surface area (Å²) in [4.78, 5) is 6.01. The van der Waals surface area contributed by atoms with Crippen molar-refractivity contribution in [3.63, 3.8) is 0 Å². The Bertz CT molecular complexity index is 550. The summed E-state index contributed by atoms with van der Waals surface area (Å²) in [6, 6.07) is 8.12. The first-order valence-electron chi connectivity index (χ1n) is 6.29. The minimum atomic E-state index is 0.654. The van der Waals surface area contributed by atoms with Gasteiger partial charge in [-0.15, -0.1) is 11.3 Å². The van der Waals surface area contributed by atoms with E-state index in [-0.39, 0.29) is 0 Å². The second kappa shape index (κ2) is 5.08. The van der Waals surface area contributed by atoms with Crippen LogP contribution in [-0.2, 0) is 13.0 Å². The van der Waals surface area contributed by atoms with Gasteiger partial charge in [0, 0.05) is 5.56 Å². The third kappa shape index (κ3) is 2.13. The van der Waals surface area contributed by atoms with Crippen molar-refractivity contribution >= 4 is 11.3 Å². The summed E-state index contributed by atoms with van der Waals surface area (Å²) in [6.07, 6.45) is 3.21. The number of ether oxygens (including phenoxy) is 1. The van der Waals surface area contributed by atoms with Crippen molar-refractivity contribution in [1.82, 2.24) is 4.98 Å². The van der Waals surface area contributed by atoms with E-state index in [0.29, 0.717) is 6.61 Å². The number of aromatic nitrogens is 1. The Morgan fingerprint density at radius 1 is 1.28 bits per heavy atom. The van der Waals surface area contributed by atoms with Crippen LogP contribution in [0.4, 0.5) is 0 Å². The van der Waals surface area contributed by atoms with Crippen LogP contribution in [-0.4, -0.2) is 11.5 Å². The van der Waals surface area contributed by atoms with Crippen molar-refractivity contribution < 1.29 is 4.74 Å². The molecule has 94 valence electrons. The molecule has 0 saturated carbocycles. The number of aryl methyl sites for hydroxylation is 1. The van der Waals surface area contributed by atoms with Gasteiger partial charge in [-0.05, 0) is 37.9 Å². The fourth-order valence-electron chi connectivity index (χ4n) is 2.17. The monoisotopic (exact) mass is 260 g/mol. The Kier molecular flexibility index (Phi) is 3.30. The third-order valence-corrected chi connectivity index (χ3v) is 4.18. The Morgan fingerprint density at radius 2 is 2.17 bits per heavy atom. The van der Waals surface area contributed by atoms with Crippen LogP contribution in [0.5, 0.6) is 5.75 Å². The molecule has 2 aromatic rings. The van der Waals surface area contributed by atoms with Gasteiger partial charge in [-0.1, -0.05) is 12.1 Å². The minimum absolute atomic E-state index is 0.654. The molecule has 18 heavy (non-hydrogen) atoms. The first-order valence-corrected chi connectivity index (χ1v) is 7.11. The minimum Gasteiger partial charge on any atom is -0.487 e. The van der Waals surface area contributed by atoms with Gasteiger partial charge in [0.25, 0.3) is 0 Å². The lowest BCUT2D eigenvalue weighted by molar-refractivity contribution is 0.305. The molecule has 0 aliphatic carbocycles. The van der Waals surface area contributed by atoms with Crippen molar-refractivity contribution in [3.05, 3.63) is 34.2 Å². The number of fused-ring (bicyclic) bond motifs is 3. The Hall–Kier alpha value is -1.39. The van der Waals surface area contributed by atoms with Crippen molar-refractivity contribution in [1.29, 1.82) is 0 Å². The highest BCUT2D eigenvalue weighted by Gasteiger charge is 2.21. The predicted octanol–water partition coefficient (Wildman–Crippen LogP) is 2.98. The van der Waals surface area contributed by atoms with Gasteiger partial charge >= 0.3 is 0 Å². The molecule has 0 unspecified atom stereocenters. The van der Waals surface area contributed by atoms with Crippen LogP contribution in [0.1, 0.15) is 22.7 Å². The number of benzene rings is 1. The van der Waals surface area contributed by atoms with E-state index in [1.807, 2.05) is 18.2 Å². The first-order chi connectivity index (χ1) is 8.88. The molecule has 2 heterocycles. The van der Waals surface area contributed by atoms with Gasteiger partial charge < -0.3 is 10.5 Å². The van der Waals surface area contributed by atoms with Crippen molar-refractivity contribution in [3.8, 4) is 17.0 Å². The zero-order valence-electron chi connectivity index (χ0n) is 10.2. The van der Waals surface area contributed by atoms with Gasteiger partial charge in [0.05, 0.1) is 15.6 Å². The summed E-state index contributed by atoms with van der Waals surface area (Å²) < 4.78 is 5.74. The van der Waals surface area contributed by atoms with Gasteiger partial charge in [-0.3, -0.25) is 0 Å². The highest BCUT2D eigenvalue weighted by molar-refractivity contribution is 7.12. The second-order valence-corrected chi connectivity index (χ2v) is 5.58. The second-order valence-electron chi connectivity index (χ2n) is 4.41. The maximum Gasteiger partial charge on any atom is 0.129 e. The van der Waals surface area contributed by atoms with E-state index in [4.69, 9.17) is 15.5 Å². The van der Waals surface area contributed by atoms with Gasteiger partial charge in [-0.2, -0.15) is 0 Å². The highest BCUT2D eigenvalue weighted by Crippen LogP contribution is 2.39. The number of rotatable bonds is 4. The number of unbranched alkanes of at least 4 members (excludes halogenated alkanes) is 1. The quantitative estimate of drug-likeness (QED) is 0.860.